The maximum Gasteiger partial charge on any atom is 0.304 e. The molecule has 0 spiro atoms. The number of aliphatic carboxylic acids is 2. The van der Waals surface area contributed by atoms with Crippen molar-refractivity contribution < 1.29 is 24.3 Å². The van der Waals surface area contributed by atoms with Gasteiger partial charge in [-0.15, -0.1) is 0 Å². The minimum absolute atomic E-state index is 0.0891. The summed E-state index contributed by atoms with van der Waals surface area (Å²) in [6.07, 6.45) is 3.05. The lowest BCUT2D eigenvalue weighted by molar-refractivity contribution is -0.139. The second kappa shape index (κ2) is 8.59. The van der Waals surface area contributed by atoms with E-state index < -0.39 is 17.9 Å². The number of hydrogen-bond donors (Lipinski definition) is 2. The first kappa shape index (κ1) is 20.1. The zero-order chi connectivity index (χ0) is 20.3. The van der Waals surface area contributed by atoms with Crippen molar-refractivity contribution in [1.29, 1.82) is 0 Å². The molecule has 1 heterocycles. The molecule has 6 heteroatoms. The normalized spacial score (nSPS) is 15.0. The first-order chi connectivity index (χ1) is 13.3. The fraction of sp³-hybridized carbons (Fsp3) is 0.500. The highest BCUT2D eigenvalue weighted by molar-refractivity contribution is 5.70. The van der Waals surface area contributed by atoms with Crippen molar-refractivity contribution in [3.63, 3.8) is 0 Å². The van der Waals surface area contributed by atoms with Crippen LogP contribution in [0.2, 0.25) is 0 Å². The molecule has 28 heavy (non-hydrogen) atoms. The molecule has 0 radical (unpaired) electrons. The van der Waals surface area contributed by atoms with E-state index in [-0.39, 0.29) is 19.3 Å². The third-order valence-electron chi connectivity index (χ3n) is 5.12. The van der Waals surface area contributed by atoms with Crippen LogP contribution in [0.1, 0.15) is 74.6 Å². The lowest BCUT2D eigenvalue weighted by atomic mass is 9.89. The van der Waals surface area contributed by atoms with Gasteiger partial charge in [-0.05, 0) is 43.1 Å². The molecule has 150 valence electrons. The molecule has 6 nitrogen and oxygen atoms in total. The van der Waals surface area contributed by atoms with E-state index in [4.69, 9.17) is 9.63 Å². The van der Waals surface area contributed by atoms with Crippen LogP contribution < -0.4 is 0 Å². The predicted molar refractivity (Wildman–Crippen MR) is 104 cm³/mol. The van der Waals surface area contributed by atoms with Gasteiger partial charge < -0.3 is 14.7 Å². The third-order valence-corrected chi connectivity index (χ3v) is 5.12. The molecule has 0 saturated heterocycles. The number of hydrogen-bond acceptors (Lipinski definition) is 4. The van der Waals surface area contributed by atoms with Crippen LogP contribution in [0.4, 0.5) is 0 Å². The van der Waals surface area contributed by atoms with Crippen molar-refractivity contribution in [3.8, 4) is 11.3 Å². The number of nitrogens with zero attached hydrogens (tertiary/aromatic N) is 1. The summed E-state index contributed by atoms with van der Waals surface area (Å²) in [6, 6.07) is 8.23. The molecule has 2 aromatic rings. The van der Waals surface area contributed by atoms with Crippen LogP contribution in [0.5, 0.6) is 0 Å². The Hall–Kier alpha value is -2.63. The maximum absolute atomic E-state index is 11.3. The Labute approximate surface area is 164 Å². The highest BCUT2D eigenvalue weighted by atomic mass is 16.5. The summed E-state index contributed by atoms with van der Waals surface area (Å²) in [5.41, 5.74) is 3.78. The minimum Gasteiger partial charge on any atom is -0.481 e. The van der Waals surface area contributed by atoms with E-state index in [1.165, 1.54) is 5.56 Å². The lowest BCUT2D eigenvalue weighted by Gasteiger charge is -2.13. The van der Waals surface area contributed by atoms with Crippen LogP contribution in [0.3, 0.4) is 0 Å². The van der Waals surface area contributed by atoms with Crippen LogP contribution in [-0.2, 0) is 16.0 Å². The second-order valence-electron chi connectivity index (χ2n) is 8.11. The van der Waals surface area contributed by atoms with Crippen LogP contribution in [0, 0.1) is 5.92 Å². The fourth-order valence-electron chi connectivity index (χ4n) is 3.69. The zero-order valence-corrected chi connectivity index (χ0v) is 16.4. The molecule has 1 saturated carbocycles. The van der Waals surface area contributed by atoms with Crippen LogP contribution in [0.15, 0.2) is 28.8 Å². The first-order valence-electron chi connectivity index (χ1n) is 9.87. The smallest absolute Gasteiger partial charge is 0.304 e. The van der Waals surface area contributed by atoms with Gasteiger partial charge in [0.1, 0.15) is 0 Å². The molecule has 1 aliphatic carbocycles. The van der Waals surface area contributed by atoms with E-state index in [1.54, 1.807) is 0 Å². The molecular weight excluding hydrogens is 358 g/mol. The van der Waals surface area contributed by atoms with Gasteiger partial charge in [0.2, 0.25) is 0 Å². The van der Waals surface area contributed by atoms with Gasteiger partial charge in [0.15, 0.2) is 5.76 Å². The Balaban J connectivity index is 1.92. The zero-order valence-electron chi connectivity index (χ0n) is 16.4. The van der Waals surface area contributed by atoms with Crippen LogP contribution in [0.25, 0.3) is 11.3 Å². The molecular formula is C22H27NO5. The van der Waals surface area contributed by atoms with Gasteiger partial charge in [-0.3, -0.25) is 9.59 Å². The van der Waals surface area contributed by atoms with Crippen molar-refractivity contribution in [1.82, 2.24) is 5.16 Å². The van der Waals surface area contributed by atoms with Gasteiger partial charge in [0.25, 0.3) is 0 Å². The molecule has 1 aromatic heterocycles. The summed E-state index contributed by atoms with van der Waals surface area (Å²) >= 11 is 0. The molecule has 1 atom stereocenters. The summed E-state index contributed by atoms with van der Waals surface area (Å²) in [7, 11) is 0. The van der Waals surface area contributed by atoms with E-state index in [2.05, 4.69) is 31.1 Å². The Morgan fingerprint density at radius 2 is 1.82 bits per heavy atom. The molecule has 1 fully saturated rings. The van der Waals surface area contributed by atoms with E-state index in [9.17, 15) is 14.7 Å². The van der Waals surface area contributed by atoms with Crippen molar-refractivity contribution in [2.45, 2.75) is 64.2 Å². The lowest BCUT2D eigenvalue weighted by Crippen LogP contribution is -2.11. The van der Waals surface area contributed by atoms with E-state index in [0.717, 1.165) is 30.4 Å². The number of aromatic nitrogens is 1. The quantitative estimate of drug-likeness (QED) is 0.607. The molecule has 0 bridgehead atoms. The van der Waals surface area contributed by atoms with Gasteiger partial charge in [0.05, 0.1) is 12.1 Å². The Morgan fingerprint density at radius 1 is 1.14 bits per heavy atom. The van der Waals surface area contributed by atoms with Gasteiger partial charge in [-0.25, -0.2) is 0 Å². The summed E-state index contributed by atoms with van der Waals surface area (Å²) in [5, 5.41) is 22.5. The molecule has 0 amide bonds. The maximum atomic E-state index is 11.3. The largest absolute Gasteiger partial charge is 0.481 e. The minimum atomic E-state index is -0.959. The van der Waals surface area contributed by atoms with Gasteiger partial charge in [-0.2, -0.15) is 0 Å². The van der Waals surface area contributed by atoms with Crippen molar-refractivity contribution in [2.75, 3.05) is 0 Å². The second-order valence-corrected chi connectivity index (χ2v) is 8.11. The topological polar surface area (TPSA) is 101 Å². The Kier molecular flexibility index (Phi) is 6.17. The Bertz CT molecular complexity index is 833. The first-order valence-corrected chi connectivity index (χ1v) is 9.87. The van der Waals surface area contributed by atoms with Gasteiger partial charge in [-0.1, -0.05) is 43.3 Å². The van der Waals surface area contributed by atoms with Crippen molar-refractivity contribution >= 4 is 11.9 Å². The van der Waals surface area contributed by atoms with Crippen molar-refractivity contribution in [2.24, 2.45) is 5.92 Å². The predicted octanol–water partition coefficient (Wildman–Crippen LogP) is 4.84. The van der Waals surface area contributed by atoms with Gasteiger partial charge in [0, 0.05) is 23.5 Å². The summed E-state index contributed by atoms with van der Waals surface area (Å²) in [4.78, 5) is 22.3. The average molecular weight is 385 g/mol. The number of carboxylic acid groups (broad SMARTS) is 2. The number of benzene rings is 1. The Morgan fingerprint density at radius 3 is 2.36 bits per heavy atom. The fourth-order valence-corrected chi connectivity index (χ4v) is 3.69. The van der Waals surface area contributed by atoms with Gasteiger partial charge >= 0.3 is 11.9 Å². The van der Waals surface area contributed by atoms with Crippen LogP contribution >= 0.6 is 0 Å². The molecule has 3 rings (SSSR count). The van der Waals surface area contributed by atoms with Crippen molar-refractivity contribution in [3.05, 3.63) is 41.1 Å². The summed E-state index contributed by atoms with van der Waals surface area (Å²) in [6.45, 7) is 4.36. The van der Waals surface area contributed by atoms with E-state index in [0.29, 0.717) is 23.3 Å². The van der Waals surface area contributed by atoms with E-state index >= 15 is 0 Å². The summed E-state index contributed by atoms with van der Waals surface area (Å²) in [5.74, 6) is -0.766. The van der Waals surface area contributed by atoms with E-state index in [1.807, 2.05) is 12.1 Å². The molecule has 1 aliphatic rings. The standard InChI is InChI=1S/C22H27NO5/c1-13(2)11-14-3-5-16(6-4-14)22-20(15-7-8-15)21(23-28-22)17(12-19(26)27)9-10-18(24)25/h3-6,13,15,17H,7-12H2,1-2H3,(H,24,25)(H,26,27). The number of carbonyl (C=O) groups is 2. The SMILES string of the molecule is CC(C)Cc1ccc(-c2onc(C(CCC(=O)O)CC(=O)O)c2C2CC2)cc1. The molecule has 1 unspecified atom stereocenters. The van der Waals surface area contributed by atoms with Crippen LogP contribution in [-0.4, -0.2) is 27.3 Å². The third kappa shape index (κ3) is 5.00. The molecule has 0 aliphatic heterocycles. The molecule has 2 N–H and O–H groups in total. The highest BCUT2D eigenvalue weighted by Gasteiger charge is 2.36. The summed E-state index contributed by atoms with van der Waals surface area (Å²) < 4.78 is 5.68. The molecule has 1 aromatic carbocycles. The number of rotatable bonds is 10. The number of carboxylic acids is 2. The highest BCUT2D eigenvalue weighted by Crippen LogP contribution is 2.48. The monoisotopic (exact) mass is 385 g/mol. The average Bonchev–Trinajstić information content (AvgIpc) is 3.37.